The van der Waals surface area contributed by atoms with Gasteiger partial charge in [-0.05, 0) is 44.1 Å². The molecule has 0 spiro atoms. The number of fused-ring (bicyclic) bond motifs is 1. The fourth-order valence-electron chi connectivity index (χ4n) is 4.09. The molecule has 1 saturated heterocycles. The van der Waals surface area contributed by atoms with E-state index in [1.807, 2.05) is 0 Å². The highest BCUT2D eigenvalue weighted by Crippen LogP contribution is 2.38. The molecule has 2 aliphatic rings. The highest BCUT2D eigenvalue weighted by Gasteiger charge is 2.36. The smallest absolute Gasteiger partial charge is 0.0424 e. The van der Waals surface area contributed by atoms with Crippen molar-refractivity contribution < 1.29 is 0 Å². The van der Waals surface area contributed by atoms with Crippen molar-refractivity contribution in [3.63, 3.8) is 0 Å². The fourth-order valence-corrected chi connectivity index (χ4v) is 4.09. The molecule has 3 atom stereocenters. The zero-order valence-electron chi connectivity index (χ0n) is 12.2. The number of hydrogen-bond donors (Lipinski definition) is 1. The van der Waals surface area contributed by atoms with Crippen LogP contribution in [0.25, 0.3) is 0 Å². The van der Waals surface area contributed by atoms with Crippen LogP contribution in [0.3, 0.4) is 0 Å². The van der Waals surface area contributed by atoms with Gasteiger partial charge in [-0.15, -0.1) is 0 Å². The molecular formula is C17H26N2. The molecule has 3 rings (SSSR count). The molecule has 0 bridgehead atoms. The molecule has 19 heavy (non-hydrogen) atoms. The Morgan fingerprint density at radius 3 is 2.26 bits per heavy atom. The van der Waals surface area contributed by atoms with Crippen molar-refractivity contribution in [2.24, 2.45) is 17.6 Å². The first-order chi connectivity index (χ1) is 9.11. The van der Waals surface area contributed by atoms with Crippen molar-refractivity contribution in [1.82, 2.24) is 4.90 Å². The fraction of sp³-hybridized carbons (Fsp3) is 0.647. The molecular weight excluding hydrogens is 232 g/mol. The van der Waals surface area contributed by atoms with Gasteiger partial charge in [0.15, 0.2) is 0 Å². The summed E-state index contributed by atoms with van der Waals surface area (Å²) in [6.45, 7) is 7.90. The van der Waals surface area contributed by atoms with Crippen molar-refractivity contribution >= 4 is 0 Å². The number of aryl methyl sites for hydroxylation is 2. The molecule has 2 fully saturated rings. The Balaban J connectivity index is 1.63. The van der Waals surface area contributed by atoms with Gasteiger partial charge >= 0.3 is 0 Å². The normalized spacial score (nSPS) is 28.6. The highest BCUT2D eigenvalue weighted by molar-refractivity contribution is 5.30. The van der Waals surface area contributed by atoms with Crippen molar-refractivity contribution in [3.05, 3.63) is 34.9 Å². The standard InChI is InChI=1S/C17H26N2/c1-12-6-13(2)8-16(7-12)17(18)11-19-9-14-4-3-5-15(14)10-19/h6-8,14-15,17H,3-5,9-11,18H2,1-2H3. The molecule has 1 saturated carbocycles. The van der Waals surface area contributed by atoms with Crippen molar-refractivity contribution in [3.8, 4) is 0 Å². The first-order valence-electron chi connectivity index (χ1n) is 7.68. The predicted octanol–water partition coefficient (Wildman–Crippen LogP) is 3.04. The summed E-state index contributed by atoms with van der Waals surface area (Å²) < 4.78 is 0. The van der Waals surface area contributed by atoms with Gasteiger partial charge < -0.3 is 10.6 Å². The average molecular weight is 258 g/mol. The van der Waals surface area contributed by atoms with Gasteiger partial charge in [-0.3, -0.25) is 0 Å². The van der Waals surface area contributed by atoms with E-state index in [0.717, 1.165) is 18.4 Å². The molecule has 0 aromatic heterocycles. The maximum Gasteiger partial charge on any atom is 0.0424 e. The molecule has 2 nitrogen and oxygen atoms in total. The topological polar surface area (TPSA) is 29.3 Å². The van der Waals surface area contributed by atoms with E-state index in [4.69, 9.17) is 5.73 Å². The van der Waals surface area contributed by atoms with Gasteiger partial charge in [0.1, 0.15) is 0 Å². The minimum absolute atomic E-state index is 0.164. The molecule has 1 aromatic rings. The third-order valence-corrected chi connectivity index (χ3v) is 4.93. The van der Waals surface area contributed by atoms with E-state index in [0.29, 0.717) is 0 Å². The summed E-state index contributed by atoms with van der Waals surface area (Å²) >= 11 is 0. The molecule has 0 radical (unpaired) electrons. The number of rotatable bonds is 3. The summed E-state index contributed by atoms with van der Waals surface area (Å²) in [6.07, 6.45) is 4.34. The zero-order valence-corrected chi connectivity index (χ0v) is 12.2. The number of hydrogen-bond acceptors (Lipinski definition) is 2. The monoisotopic (exact) mass is 258 g/mol. The first kappa shape index (κ1) is 13.1. The van der Waals surface area contributed by atoms with E-state index < -0.39 is 0 Å². The second-order valence-electron chi connectivity index (χ2n) is 6.70. The summed E-state index contributed by atoms with van der Waals surface area (Å²) in [5, 5.41) is 0. The minimum atomic E-state index is 0.164. The quantitative estimate of drug-likeness (QED) is 0.903. The van der Waals surface area contributed by atoms with Crippen LogP contribution in [0.15, 0.2) is 18.2 Å². The van der Waals surface area contributed by atoms with Crippen LogP contribution in [0.5, 0.6) is 0 Å². The predicted molar refractivity (Wildman–Crippen MR) is 80.1 cm³/mol. The first-order valence-corrected chi connectivity index (χ1v) is 7.68. The van der Waals surface area contributed by atoms with Crippen LogP contribution in [0.1, 0.15) is 42.0 Å². The molecule has 104 valence electrons. The molecule has 2 N–H and O–H groups in total. The van der Waals surface area contributed by atoms with Gasteiger partial charge in [-0.25, -0.2) is 0 Å². The summed E-state index contributed by atoms with van der Waals surface area (Å²) in [6, 6.07) is 6.87. The molecule has 1 aliphatic heterocycles. The number of benzene rings is 1. The Morgan fingerprint density at radius 1 is 1.11 bits per heavy atom. The van der Waals surface area contributed by atoms with Crippen molar-refractivity contribution in [2.45, 2.75) is 39.2 Å². The second-order valence-corrected chi connectivity index (χ2v) is 6.70. The molecule has 1 aliphatic carbocycles. The Hall–Kier alpha value is -0.860. The van der Waals surface area contributed by atoms with Gasteiger partial charge in [0.05, 0.1) is 0 Å². The molecule has 2 heteroatoms. The lowest BCUT2D eigenvalue weighted by Crippen LogP contribution is -2.31. The van der Waals surface area contributed by atoms with E-state index in [-0.39, 0.29) is 6.04 Å². The molecule has 1 aromatic carbocycles. The van der Waals surface area contributed by atoms with Crippen LogP contribution in [-0.2, 0) is 0 Å². The van der Waals surface area contributed by atoms with Crippen molar-refractivity contribution in [2.75, 3.05) is 19.6 Å². The third kappa shape index (κ3) is 2.85. The zero-order chi connectivity index (χ0) is 13.4. The van der Waals surface area contributed by atoms with Crippen LogP contribution in [0.2, 0.25) is 0 Å². The van der Waals surface area contributed by atoms with Crippen LogP contribution in [-0.4, -0.2) is 24.5 Å². The highest BCUT2D eigenvalue weighted by atomic mass is 15.2. The van der Waals surface area contributed by atoms with E-state index in [9.17, 15) is 0 Å². The second kappa shape index (κ2) is 5.26. The molecule has 3 unspecified atom stereocenters. The van der Waals surface area contributed by atoms with Gasteiger partial charge in [-0.2, -0.15) is 0 Å². The number of likely N-dealkylation sites (tertiary alicyclic amines) is 1. The van der Waals surface area contributed by atoms with Crippen LogP contribution in [0, 0.1) is 25.7 Å². The van der Waals surface area contributed by atoms with Crippen LogP contribution < -0.4 is 5.73 Å². The summed E-state index contributed by atoms with van der Waals surface area (Å²) in [4.78, 5) is 2.59. The van der Waals surface area contributed by atoms with E-state index in [1.165, 1.54) is 49.0 Å². The third-order valence-electron chi connectivity index (χ3n) is 4.93. The van der Waals surface area contributed by atoms with Crippen LogP contribution >= 0.6 is 0 Å². The molecule has 0 amide bonds. The Kier molecular flexibility index (Phi) is 3.64. The lowest BCUT2D eigenvalue weighted by Gasteiger charge is -2.22. The van der Waals surface area contributed by atoms with E-state index in [2.05, 4.69) is 36.9 Å². The number of nitrogens with zero attached hydrogens (tertiary/aromatic N) is 1. The summed E-state index contributed by atoms with van der Waals surface area (Å²) in [7, 11) is 0. The van der Waals surface area contributed by atoms with Gasteiger partial charge in [0.25, 0.3) is 0 Å². The SMILES string of the molecule is Cc1cc(C)cc(C(N)CN2CC3CCCC3C2)c1. The maximum absolute atomic E-state index is 6.42. The van der Waals surface area contributed by atoms with Gasteiger partial charge in [-0.1, -0.05) is 35.7 Å². The molecule has 1 heterocycles. The van der Waals surface area contributed by atoms with Gasteiger partial charge in [0.2, 0.25) is 0 Å². The lowest BCUT2D eigenvalue weighted by atomic mass is 10.0. The Morgan fingerprint density at radius 2 is 1.68 bits per heavy atom. The lowest BCUT2D eigenvalue weighted by molar-refractivity contribution is 0.292. The Labute approximate surface area is 117 Å². The van der Waals surface area contributed by atoms with E-state index in [1.54, 1.807) is 0 Å². The Bertz CT molecular complexity index is 422. The summed E-state index contributed by atoms with van der Waals surface area (Å²) in [5.74, 6) is 1.93. The number of nitrogens with two attached hydrogens (primary N) is 1. The van der Waals surface area contributed by atoms with E-state index >= 15 is 0 Å². The summed E-state index contributed by atoms with van der Waals surface area (Å²) in [5.41, 5.74) is 10.4. The largest absolute Gasteiger partial charge is 0.323 e. The van der Waals surface area contributed by atoms with Crippen LogP contribution in [0.4, 0.5) is 0 Å². The average Bonchev–Trinajstić information content (AvgIpc) is 2.88. The van der Waals surface area contributed by atoms with Crippen molar-refractivity contribution in [1.29, 1.82) is 0 Å². The maximum atomic E-state index is 6.42. The minimum Gasteiger partial charge on any atom is -0.323 e. The van der Waals surface area contributed by atoms with Gasteiger partial charge in [0, 0.05) is 25.7 Å².